The molecule has 72 valence electrons. The topological polar surface area (TPSA) is 38.0 Å². The average molecular weight is 180 g/mol. The first-order valence-corrected chi connectivity index (χ1v) is 4.79. The van der Waals surface area contributed by atoms with Crippen molar-refractivity contribution in [2.24, 2.45) is 7.05 Å². The highest BCUT2D eigenvalue weighted by molar-refractivity contribution is 5.29. The van der Waals surface area contributed by atoms with Crippen molar-refractivity contribution in [1.82, 2.24) is 9.78 Å². The van der Waals surface area contributed by atoms with E-state index in [1.165, 1.54) is 12.0 Å². The maximum Gasteiger partial charge on any atom is 0.0632 e. The molecule has 0 aromatic carbocycles. The summed E-state index contributed by atoms with van der Waals surface area (Å²) in [6.07, 6.45) is 5.49. The van der Waals surface area contributed by atoms with E-state index in [-0.39, 0.29) is 12.0 Å². The van der Waals surface area contributed by atoms with Gasteiger partial charge in [-0.25, -0.2) is 0 Å². The van der Waals surface area contributed by atoms with Crippen LogP contribution in [0.4, 0.5) is 0 Å². The molecule has 0 aliphatic heterocycles. The fourth-order valence-electron chi connectivity index (χ4n) is 2.24. The molecule has 1 aliphatic carbocycles. The lowest BCUT2D eigenvalue weighted by Crippen LogP contribution is -2.38. The standard InChI is InChI=1S/C10H16N2O/c1-8-9(6-12(2)11-8)10(7-13)4-3-5-10/h6,13H,3-5,7H2,1-2H3. The van der Waals surface area contributed by atoms with Gasteiger partial charge in [0.15, 0.2) is 0 Å². The molecule has 1 heterocycles. The molecule has 1 fully saturated rings. The molecular formula is C10H16N2O. The van der Waals surface area contributed by atoms with Crippen LogP contribution in [0, 0.1) is 6.92 Å². The van der Waals surface area contributed by atoms with Crippen molar-refractivity contribution in [3.63, 3.8) is 0 Å². The molecule has 0 atom stereocenters. The molecule has 0 radical (unpaired) electrons. The van der Waals surface area contributed by atoms with Crippen molar-refractivity contribution < 1.29 is 5.11 Å². The van der Waals surface area contributed by atoms with Crippen molar-refractivity contribution >= 4 is 0 Å². The Balaban J connectivity index is 2.37. The summed E-state index contributed by atoms with van der Waals surface area (Å²) in [5, 5.41) is 13.7. The first kappa shape index (κ1) is 8.75. The number of hydrogen-bond acceptors (Lipinski definition) is 2. The summed E-state index contributed by atoms with van der Waals surface area (Å²) in [6, 6.07) is 0. The lowest BCUT2D eigenvalue weighted by atomic mass is 9.65. The number of rotatable bonds is 2. The molecular weight excluding hydrogens is 164 g/mol. The Morgan fingerprint density at radius 2 is 2.31 bits per heavy atom. The molecule has 0 bridgehead atoms. The van der Waals surface area contributed by atoms with Gasteiger partial charge < -0.3 is 5.11 Å². The summed E-state index contributed by atoms with van der Waals surface area (Å²) in [5.74, 6) is 0. The SMILES string of the molecule is Cc1nn(C)cc1C1(CO)CCC1. The Morgan fingerprint density at radius 1 is 1.62 bits per heavy atom. The number of aryl methyl sites for hydroxylation is 2. The van der Waals surface area contributed by atoms with Gasteiger partial charge in [0.25, 0.3) is 0 Å². The summed E-state index contributed by atoms with van der Waals surface area (Å²) >= 11 is 0. The van der Waals surface area contributed by atoms with Crippen LogP contribution < -0.4 is 0 Å². The van der Waals surface area contributed by atoms with E-state index in [0.29, 0.717) is 0 Å². The first-order valence-electron chi connectivity index (χ1n) is 4.79. The first-order chi connectivity index (χ1) is 6.18. The second-order valence-corrected chi connectivity index (χ2v) is 4.09. The van der Waals surface area contributed by atoms with E-state index in [9.17, 15) is 5.11 Å². The zero-order chi connectivity index (χ0) is 9.47. The van der Waals surface area contributed by atoms with Crippen LogP contribution in [0.5, 0.6) is 0 Å². The molecule has 1 N–H and O–H groups in total. The molecule has 3 heteroatoms. The van der Waals surface area contributed by atoms with E-state index in [2.05, 4.69) is 5.10 Å². The van der Waals surface area contributed by atoms with Gasteiger partial charge in [0.05, 0.1) is 12.3 Å². The van der Waals surface area contributed by atoms with E-state index in [1.807, 2.05) is 24.9 Å². The van der Waals surface area contributed by atoms with Gasteiger partial charge in [-0.15, -0.1) is 0 Å². The van der Waals surface area contributed by atoms with Gasteiger partial charge in [0, 0.05) is 24.2 Å². The van der Waals surface area contributed by atoms with E-state index < -0.39 is 0 Å². The highest BCUT2D eigenvalue weighted by Gasteiger charge is 2.40. The van der Waals surface area contributed by atoms with Crippen LogP contribution in [-0.4, -0.2) is 21.5 Å². The van der Waals surface area contributed by atoms with Crippen LogP contribution in [0.1, 0.15) is 30.5 Å². The van der Waals surface area contributed by atoms with Crippen LogP contribution in [0.25, 0.3) is 0 Å². The molecule has 1 aliphatic rings. The number of aliphatic hydroxyl groups excluding tert-OH is 1. The molecule has 0 unspecified atom stereocenters. The van der Waals surface area contributed by atoms with E-state index in [1.54, 1.807) is 0 Å². The smallest absolute Gasteiger partial charge is 0.0632 e. The minimum atomic E-state index is 0.0400. The monoisotopic (exact) mass is 180 g/mol. The van der Waals surface area contributed by atoms with Crippen LogP contribution in [0.3, 0.4) is 0 Å². The molecule has 1 aromatic heterocycles. The van der Waals surface area contributed by atoms with Gasteiger partial charge in [0.1, 0.15) is 0 Å². The second-order valence-electron chi connectivity index (χ2n) is 4.09. The largest absolute Gasteiger partial charge is 0.395 e. The van der Waals surface area contributed by atoms with Crippen molar-refractivity contribution in [3.05, 3.63) is 17.5 Å². The van der Waals surface area contributed by atoms with Gasteiger partial charge >= 0.3 is 0 Å². The van der Waals surface area contributed by atoms with Crippen molar-refractivity contribution in [1.29, 1.82) is 0 Å². The highest BCUT2D eigenvalue weighted by atomic mass is 16.3. The van der Waals surface area contributed by atoms with E-state index in [4.69, 9.17) is 0 Å². The highest BCUT2D eigenvalue weighted by Crippen LogP contribution is 2.44. The number of hydrogen-bond donors (Lipinski definition) is 1. The molecule has 1 aromatic rings. The maximum absolute atomic E-state index is 9.39. The lowest BCUT2D eigenvalue weighted by molar-refractivity contribution is 0.119. The Morgan fingerprint density at radius 3 is 2.62 bits per heavy atom. The third-order valence-corrected chi connectivity index (χ3v) is 3.20. The summed E-state index contributed by atoms with van der Waals surface area (Å²) in [7, 11) is 1.93. The van der Waals surface area contributed by atoms with Crippen LogP contribution in [0.15, 0.2) is 6.20 Å². The Labute approximate surface area is 78.4 Å². The van der Waals surface area contributed by atoms with E-state index >= 15 is 0 Å². The number of aliphatic hydroxyl groups is 1. The fraction of sp³-hybridized carbons (Fsp3) is 0.700. The van der Waals surface area contributed by atoms with Gasteiger partial charge in [-0.1, -0.05) is 6.42 Å². The predicted molar refractivity (Wildman–Crippen MR) is 50.6 cm³/mol. The van der Waals surface area contributed by atoms with Crippen LogP contribution >= 0.6 is 0 Å². The minimum Gasteiger partial charge on any atom is -0.395 e. The molecule has 1 saturated carbocycles. The Kier molecular flexibility index (Phi) is 1.91. The molecule has 0 spiro atoms. The Bertz CT molecular complexity index is 307. The van der Waals surface area contributed by atoms with Gasteiger partial charge in [-0.05, 0) is 19.8 Å². The van der Waals surface area contributed by atoms with Gasteiger partial charge in [-0.3, -0.25) is 4.68 Å². The molecule has 3 nitrogen and oxygen atoms in total. The summed E-state index contributed by atoms with van der Waals surface area (Å²) in [4.78, 5) is 0. The number of nitrogens with zero attached hydrogens (tertiary/aromatic N) is 2. The number of aromatic nitrogens is 2. The third kappa shape index (κ3) is 1.18. The summed E-state index contributed by atoms with van der Waals surface area (Å²) in [5.41, 5.74) is 2.35. The van der Waals surface area contributed by atoms with Crippen molar-refractivity contribution in [2.75, 3.05) is 6.61 Å². The van der Waals surface area contributed by atoms with E-state index in [0.717, 1.165) is 18.5 Å². The second kappa shape index (κ2) is 2.84. The van der Waals surface area contributed by atoms with Crippen molar-refractivity contribution in [2.45, 2.75) is 31.6 Å². The maximum atomic E-state index is 9.39. The average Bonchev–Trinajstić information content (AvgIpc) is 2.30. The zero-order valence-corrected chi connectivity index (χ0v) is 8.25. The lowest BCUT2D eigenvalue weighted by Gasteiger charge is -2.40. The minimum absolute atomic E-state index is 0.0400. The van der Waals surface area contributed by atoms with Crippen LogP contribution in [0.2, 0.25) is 0 Å². The van der Waals surface area contributed by atoms with Crippen molar-refractivity contribution in [3.8, 4) is 0 Å². The molecule has 0 saturated heterocycles. The molecule has 13 heavy (non-hydrogen) atoms. The fourth-order valence-corrected chi connectivity index (χ4v) is 2.24. The summed E-state index contributed by atoms with van der Waals surface area (Å²) < 4.78 is 1.83. The molecule has 0 amide bonds. The quantitative estimate of drug-likeness (QED) is 0.741. The predicted octanol–water partition coefficient (Wildman–Crippen LogP) is 1.14. The third-order valence-electron chi connectivity index (χ3n) is 3.20. The summed E-state index contributed by atoms with van der Waals surface area (Å²) in [6.45, 7) is 2.28. The van der Waals surface area contributed by atoms with Gasteiger partial charge in [-0.2, -0.15) is 5.10 Å². The molecule has 2 rings (SSSR count). The van der Waals surface area contributed by atoms with Crippen LogP contribution in [-0.2, 0) is 12.5 Å². The normalized spacial score (nSPS) is 19.9. The zero-order valence-electron chi connectivity index (χ0n) is 8.25. The Hall–Kier alpha value is -0.830. The van der Waals surface area contributed by atoms with Gasteiger partial charge in [0.2, 0.25) is 0 Å².